The highest BCUT2D eigenvalue weighted by Crippen LogP contribution is 2.37. The van der Waals surface area contributed by atoms with E-state index < -0.39 is 12.0 Å². The van der Waals surface area contributed by atoms with Gasteiger partial charge in [0, 0.05) is 6.54 Å². The van der Waals surface area contributed by atoms with Crippen LogP contribution in [0.15, 0.2) is 0 Å². The molecule has 5 nitrogen and oxygen atoms in total. The summed E-state index contributed by atoms with van der Waals surface area (Å²) in [5.74, 6) is -2.81. The molecule has 1 unspecified atom stereocenters. The number of anilines is 1. The maximum atomic E-state index is 14.3. The molecule has 2 saturated heterocycles. The molecule has 0 bridgehead atoms. The first-order chi connectivity index (χ1) is 8.99. The normalized spacial score (nSPS) is 27.8. The molecule has 0 radical (unpaired) electrons. The van der Waals surface area contributed by atoms with Gasteiger partial charge in [-0.1, -0.05) is 0 Å². The van der Waals surface area contributed by atoms with E-state index in [4.69, 9.17) is 10.5 Å². The molecule has 0 amide bonds. The molecule has 7 heteroatoms. The fourth-order valence-electron chi connectivity index (χ4n) is 2.69. The first kappa shape index (κ1) is 12.6. The molecule has 2 fully saturated rings. The van der Waals surface area contributed by atoms with E-state index in [2.05, 4.69) is 11.3 Å². The van der Waals surface area contributed by atoms with E-state index in [0.717, 1.165) is 0 Å². The molecule has 2 aliphatic rings. The topological polar surface area (TPSA) is 57.5 Å². The molecule has 1 atom stereocenters. The van der Waals surface area contributed by atoms with Crippen LogP contribution in [0.5, 0.6) is 0 Å². The number of ether oxygens (including phenoxy) is 1. The van der Waals surface area contributed by atoms with Crippen molar-refractivity contribution in [2.75, 3.05) is 32.0 Å². The Morgan fingerprint density at radius 1 is 1.47 bits per heavy atom. The summed E-state index contributed by atoms with van der Waals surface area (Å²) in [5, 5.41) is 3.88. The highest BCUT2D eigenvalue weighted by Gasteiger charge is 2.51. The summed E-state index contributed by atoms with van der Waals surface area (Å²) in [4.78, 5) is 1.81. The number of hydrogen-bond donors (Lipinski definition) is 1. The van der Waals surface area contributed by atoms with E-state index in [1.54, 1.807) is 6.92 Å². The molecule has 0 aromatic carbocycles. The Kier molecular flexibility index (Phi) is 2.87. The Morgan fingerprint density at radius 2 is 2.21 bits per heavy atom. The molecule has 1 aromatic heterocycles. The minimum Gasteiger partial charge on any atom is -0.385 e. The van der Waals surface area contributed by atoms with Crippen LogP contribution in [-0.2, 0) is 4.74 Å². The lowest BCUT2D eigenvalue weighted by Crippen LogP contribution is -2.58. The standard InChI is InChI=1S/C12H17F2N4O/c1-8-10(15)4-16-18(8)11-2-3-17(7-12(11,13)14)9-5-19-6-9/h9,11H,2-3,5-7,15H2,1H3/q+1. The van der Waals surface area contributed by atoms with E-state index in [0.29, 0.717) is 37.6 Å². The van der Waals surface area contributed by atoms with Crippen LogP contribution in [-0.4, -0.2) is 47.8 Å². The van der Waals surface area contributed by atoms with Crippen LogP contribution >= 0.6 is 0 Å². The third kappa shape index (κ3) is 2.05. The first-order valence-corrected chi connectivity index (χ1v) is 6.41. The van der Waals surface area contributed by atoms with Gasteiger partial charge in [-0.3, -0.25) is 4.90 Å². The predicted octanol–water partition coefficient (Wildman–Crippen LogP) is 0.0597. The monoisotopic (exact) mass is 271 g/mol. The predicted molar refractivity (Wildman–Crippen MR) is 62.8 cm³/mol. The summed E-state index contributed by atoms with van der Waals surface area (Å²) < 4.78 is 35.0. The Balaban J connectivity index is 1.78. The zero-order valence-corrected chi connectivity index (χ0v) is 10.8. The van der Waals surface area contributed by atoms with Crippen LogP contribution < -0.4 is 10.8 Å². The second-order valence-corrected chi connectivity index (χ2v) is 5.28. The molecule has 19 heavy (non-hydrogen) atoms. The van der Waals surface area contributed by atoms with Gasteiger partial charge in [0.05, 0.1) is 30.9 Å². The summed E-state index contributed by atoms with van der Waals surface area (Å²) in [6.45, 7) is 3.20. The van der Waals surface area contributed by atoms with E-state index in [9.17, 15) is 8.78 Å². The maximum Gasteiger partial charge on any atom is 0.377 e. The number of nitrogen functional groups attached to an aromatic ring is 1. The fourth-order valence-corrected chi connectivity index (χ4v) is 2.69. The summed E-state index contributed by atoms with van der Waals surface area (Å²) in [6, 6.07) is -0.791. The zero-order valence-electron chi connectivity index (χ0n) is 10.8. The molecule has 0 aliphatic carbocycles. The summed E-state index contributed by atoms with van der Waals surface area (Å²) in [6.07, 6.45) is 2.91. The number of likely N-dealkylation sites (tertiary alicyclic amines) is 1. The Bertz CT molecular complexity index is 472. The lowest BCUT2D eigenvalue weighted by molar-refractivity contribution is -0.436. The van der Waals surface area contributed by atoms with Crippen molar-refractivity contribution in [1.82, 2.24) is 9.58 Å². The molecule has 1 aromatic rings. The molecular weight excluding hydrogens is 254 g/mol. The molecule has 2 N–H and O–H groups in total. The molecular formula is C12H17F2N4O+. The van der Waals surface area contributed by atoms with Crippen molar-refractivity contribution in [3.8, 4) is 0 Å². The molecule has 3 heterocycles. The lowest BCUT2D eigenvalue weighted by atomic mass is 9.98. The smallest absolute Gasteiger partial charge is 0.377 e. The van der Waals surface area contributed by atoms with E-state index in [-0.39, 0.29) is 12.6 Å². The van der Waals surface area contributed by atoms with Crippen LogP contribution in [0, 0.1) is 13.1 Å². The summed E-state index contributed by atoms with van der Waals surface area (Å²) in [5.41, 5.74) is 6.53. The van der Waals surface area contributed by atoms with Gasteiger partial charge < -0.3 is 10.5 Å². The Labute approximate surface area is 110 Å². The number of nitrogens with two attached hydrogens (primary N) is 1. The largest absolute Gasteiger partial charge is 0.385 e. The Morgan fingerprint density at radius 3 is 2.68 bits per heavy atom. The number of halogens is 2. The zero-order chi connectivity index (χ0) is 13.6. The highest BCUT2D eigenvalue weighted by atomic mass is 19.3. The summed E-state index contributed by atoms with van der Waals surface area (Å²) >= 11 is 0. The molecule has 3 rings (SSSR count). The van der Waals surface area contributed by atoms with Gasteiger partial charge in [-0.25, -0.2) is 8.78 Å². The van der Waals surface area contributed by atoms with Crippen LogP contribution in [0.3, 0.4) is 0 Å². The van der Waals surface area contributed by atoms with Crippen molar-refractivity contribution in [3.05, 3.63) is 11.9 Å². The van der Waals surface area contributed by atoms with Gasteiger partial charge in [0.25, 0.3) is 5.92 Å². The van der Waals surface area contributed by atoms with Crippen LogP contribution in [0.25, 0.3) is 0 Å². The maximum absolute atomic E-state index is 14.3. The Hall–Kier alpha value is -1.39. The van der Waals surface area contributed by atoms with Gasteiger partial charge in [-0.05, 0) is 18.0 Å². The van der Waals surface area contributed by atoms with Gasteiger partial charge in [-0.2, -0.15) is 0 Å². The van der Waals surface area contributed by atoms with E-state index in [1.807, 2.05) is 4.90 Å². The fraction of sp³-hybridized carbons (Fsp3) is 0.750. The number of alkyl halides is 2. The number of aromatic nitrogens is 2. The van der Waals surface area contributed by atoms with Crippen molar-refractivity contribution in [2.24, 2.45) is 0 Å². The van der Waals surface area contributed by atoms with E-state index in [1.165, 1.54) is 4.68 Å². The molecule has 104 valence electrons. The summed E-state index contributed by atoms with van der Waals surface area (Å²) in [7, 11) is 0. The third-order valence-electron chi connectivity index (χ3n) is 4.03. The second kappa shape index (κ2) is 4.32. The SMILES string of the molecule is Cc1c(N)c#[n+]n1C1CCN(C2COC2)CC1(F)F. The van der Waals surface area contributed by atoms with Crippen molar-refractivity contribution >= 4 is 5.69 Å². The molecule has 0 spiro atoms. The van der Waals surface area contributed by atoms with Gasteiger partial charge in [0.2, 0.25) is 0 Å². The molecule has 0 saturated carbocycles. The minimum absolute atomic E-state index is 0.141. The average molecular weight is 271 g/mol. The highest BCUT2D eigenvalue weighted by molar-refractivity contribution is 5.35. The van der Waals surface area contributed by atoms with Gasteiger partial charge in [0.1, 0.15) is 5.69 Å². The van der Waals surface area contributed by atoms with Crippen LogP contribution in [0.4, 0.5) is 14.5 Å². The lowest BCUT2D eigenvalue weighted by Gasteiger charge is -2.43. The van der Waals surface area contributed by atoms with Crippen LogP contribution in [0.1, 0.15) is 18.2 Å². The van der Waals surface area contributed by atoms with Gasteiger partial charge in [-0.15, -0.1) is 0 Å². The molecule has 2 aliphatic heterocycles. The minimum atomic E-state index is -2.81. The first-order valence-electron chi connectivity index (χ1n) is 6.41. The van der Waals surface area contributed by atoms with Crippen molar-refractivity contribution in [2.45, 2.75) is 31.4 Å². The number of piperidine rings is 1. The van der Waals surface area contributed by atoms with Crippen LogP contribution in [0.2, 0.25) is 0 Å². The third-order valence-corrected chi connectivity index (χ3v) is 4.03. The van der Waals surface area contributed by atoms with E-state index >= 15 is 0 Å². The number of nitrogens with zero attached hydrogens (tertiary/aromatic N) is 3. The van der Waals surface area contributed by atoms with Crippen molar-refractivity contribution in [1.29, 1.82) is 0 Å². The number of rotatable bonds is 2. The quantitative estimate of drug-likeness (QED) is 0.826. The number of hydrogen-bond acceptors (Lipinski definition) is 3. The van der Waals surface area contributed by atoms with Gasteiger partial charge in [0.15, 0.2) is 11.7 Å². The second-order valence-electron chi connectivity index (χ2n) is 5.28. The average Bonchev–Trinajstić information content (AvgIpc) is 2.57. The van der Waals surface area contributed by atoms with Crippen molar-refractivity contribution in [3.63, 3.8) is 0 Å². The van der Waals surface area contributed by atoms with Gasteiger partial charge >= 0.3 is 6.20 Å². The van der Waals surface area contributed by atoms with Crippen molar-refractivity contribution < 1.29 is 18.6 Å².